The summed E-state index contributed by atoms with van der Waals surface area (Å²) in [6, 6.07) is 3.84. The average molecular weight is 423 g/mol. The van der Waals surface area contributed by atoms with E-state index in [-0.39, 0.29) is 24.4 Å². The first-order chi connectivity index (χ1) is 13.1. The number of pyridine rings is 1. The van der Waals surface area contributed by atoms with Crippen LogP contribution in [0.2, 0.25) is 0 Å². The highest BCUT2D eigenvalue weighted by Gasteiger charge is 2.50. The minimum absolute atomic E-state index is 0.101. The lowest BCUT2D eigenvalue weighted by Crippen LogP contribution is -2.45. The number of nitriles is 1. The molecular formula is C19H26N4O3S2. The molecular weight excluding hydrogens is 396 g/mol. The third-order valence-electron chi connectivity index (χ3n) is 4.56. The zero-order valence-corrected chi connectivity index (χ0v) is 18.5. The zero-order chi connectivity index (χ0) is 21.1. The van der Waals surface area contributed by atoms with Gasteiger partial charge in [-0.2, -0.15) is 5.26 Å². The van der Waals surface area contributed by atoms with E-state index in [1.807, 2.05) is 38.9 Å². The van der Waals surface area contributed by atoms with Crippen molar-refractivity contribution in [1.29, 1.82) is 5.26 Å². The predicted molar refractivity (Wildman–Crippen MR) is 112 cm³/mol. The van der Waals surface area contributed by atoms with Crippen molar-refractivity contribution in [2.24, 2.45) is 0 Å². The van der Waals surface area contributed by atoms with Crippen molar-refractivity contribution >= 4 is 42.0 Å². The zero-order valence-electron chi connectivity index (χ0n) is 16.8. The number of aromatic nitrogens is 1. The van der Waals surface area contributed by atoms with Crippen LogP contribution < -0.4 is 4.90 Å². The van der Waals surface area contributed by atoms with Crippen molar-refractivity contribution < 1.29 is 14.3 Å². The molecule has 1 aromatic rings. The second kappa shape index (κ2) is 9.16. The maximum absolute atomic E-state index is 13.1. The first-order valence-electron chi connectivity index (χ1n) is 9.05. The maximum atomic E-state index is 13.1. The van der Waals surface area contributed by atoms with E-state index in [2.05, 4.69) is 23.7 Å². The van der Waals surface area contributed by atoms with Crippen LogP contribution in [-0.2, 0) is 14.3 Å². The van der Waals surface area contributed by atoms with E-state index < -0.39 is 11.0 Å². The summed E-state index contributed by atoms with van der Waals surface area (Å²) in [6.07, 6.45) is 4.10. The lowest BCUT2D eigenvalue weighted by Gasteiger charge is -2.30. The maximum Gasteiger partial charge on any atom is 0.306 e. The third-order valence-corrected chi connectivity index (χ3v) is 5.82. The van der Waals surface area contributed by atoms with Crippen molar-refractivity contribution in [2.75, 3.05) is 17.7 Å². The molecule has 7 nitrogen and oxygen atoms in total. The van der Waals surface area contributed by atoms with Crippen LogP contribution in [0.4, 0.5) is 5.69 Å². The monoisotopic (exact) mass is 422 g/mol. The molecule has 0 saturated carbocycles. The van der Waals surface area contributed by atoms with Crippen molar-refractivity contribution in [3.63, 3.8) is 0 Å². The molecule has 1 saturated heterocycles. The van der Waals surface area contributed by atoms with E-state index in [4.69, 9.17) is 10.00 Å². The molecule has 2 rings (SSSR count). The summed E-state index contributed by atoms with van der Waals surface area (Å²) in [4.78, 5) is 33.3. The highest BCUT2D eigenvalue weighted by atomic mass is 32.2. The van der Waals surface area contributed by atoms with Gasteiger partial charge in [0.15, 0.2) is 5.69 Å². The van der Waals surface area contributed by atoms with Gasteiger partial charge < -0.3 is 4.74 Å². The van der Waals surface area contributed by atoms with E-state index >= 15 is 0 Å². The number of esters is 1. The minimum atomic E-state index is -0.776. The van der Waals surface area contributed by atoms with Crippen LogP contribution in [0.15, 0.2) is 17.2 Å². The fourth-order valence-corrected chi connectivity index (χ4v) is 4.29. The van der Waals surface area contributed by atoms with E-state index in [1.54, 1.807) is 11.0 Å². The summed E-state index contributed by atoms with van der Waals surface area (Å²) in [5.41, 5.74) is -0.337. The van der Waals surface area contributed by atoms with Gasteiger partial charge in [-0.25, -0.2) is 4.98 Å². The number of nitrogens with zero attached hydrogens (tertiary/aromatic N) is 4. The second-order valence-electron chi connectivity index (χ2n) is 7.27. The van der Waals surface area contributed by atoms with Crippen molar-refractivity contribution in [2.45, 2.75) is 62.6 Å². The summed E-state index contributed by atoms with van der Waals surface area (Å²) in [5.74, 6) is -0.345. The van der Waals surface area contributed by atoms with E-state index in [0.717, 1.165) is 0 Å². The van der Waals surface area contributed by atoms with Gasteiger partial charge in [0, 0.05) is 17.9 Å². The number of hydrogen-bond acceptors (Lipinski definition) is 8. The molecule has 1 aromatic heterocycles. The van der Waals surface area contributed by atoms with Crippen molar-refractivity contribution in [3.8, 4) is 6.07 Å². The Morgan fingerprint density at radius 1 is 1.50 bits per heavy atom. The van der Waals surface area contributed by atoms with E-state index in [9.17, 15) is 9.59 Å². The van der Waals surface area contributed by atoms with Gasteiger partial charge in [0.25, 0.3) is 0 Å². The molecule has 1 aliphatic rings. The number of carbonyl (C=O) groups is 2. The number of thiol groups is 1. The Labute approximate surface area is 175 Å². The molecule has 1 unspecified atom stereocenters. The highest BCUT2D eigenvalue weighted by molar-refractivity contribution is 7.98. The highest BCUT2D eigenvalue weighted by Crippen LogP contribution is 2.37. The Kier molecular flexibility index (Phi) is 7.37. The Morgan fingerprint density at radius 2 is 2.18 bits per heavy atom. The van der Waals surface area contributed by atoms with Gasteiger partial charge in [-0.1, -0.05) is 0 Å². The van der Waals surface area contributed by atoms with Crippen LogP contribution in [0, 0.1) is 11.3 Å². The molecule has 1 aliphatic heterocycles. The largest absolute Gasteiger partial charge is 0.463 e. The number of rotatable bonds is 7. The third kappa shape index (κ3) is 4.62. The number of amides is 1. The van der Waals surface area contributed by atoms with Crippen LogP contribution in [-0.4, -0.2) is 51.7 Å². The molecule has 1 atom stereocenters. The molecule has 152 valence electrons. The molecule has 28 heavy (non-hydrogen) atoms. The fourth-order valence-electron chi connectivity index (χ4n) is 3.12. The minimum Gasteiger partial charge on any atom is -0.463 e. The van der Waals surface area contributed by atoms with E-state index in [0.29, 0.717) is 29.2 Å². The van der Waals surface area contributed by atoms with Crippen LogP contribution in [0.25, 0.3) is 0 Å². The Morgan fingerprint density at radius 3 is 2.75 bits per heavy atom. The first kappa shape index (κ1) is 22.5. The molecule has 2 heterocycles. The van der Waals surface area contributed by atoms with Crippen LogP contribution in [0.3, 0.4) is 0 Å². The summed E-state index contributed by atoms with van der Waals surface area (Å²) in [6.45, 7) is 7.84. The number of ether oxygens (including phenoxy) is 1. The molecule has 0 bridgehead atoms. The molecule has 0 N–H and O–H groups in total. The number of anilines is 1. The molecule has 0 radical (unpaired) electrons. The van der Waals surface area contributed by atoms with Gasteiger partial charge in [0.05, 0.1) is 23.5 Å². The Hall–Kier alpha value is -1.76. The standard InChI is InChI=1S/C19H26N4O3S2/c1-12(2)26-16(24)7-6-8-22-18(27)23(17(25)19(22,3)4)13-9-15(28-5)14(10-20)21-11-13/h9,11-12,18,27H,6-8H2,1-5H3. The van der Waals surface area contributed by atoms with E-state index in [1.165, 1.54) is 18.0 Å². The van der Waals surface area contributed by atoms with Crippen molar-refractivity contribution in [1.82, 2.24) is 9.88 Å². The lowest BCUT2D eigenvalue weighted by molar-refractivity contribution is -0.147. The van der Waals surface area contributed by atoms with Crippen LogP contribution >= 0.6 is 24.4 Å². The smallest absolute Gasteiger partial charge is 0.306 e. The normalized spacial score (nSPS) is 19.1. The summed E-state index contributed by atoms with van der Waals surface area (Å²) in [7, 11) is 0. The Bertz CT molecular complexity index is 792. The van der Waals surface area contributed by atoms with Gasteiger partial charge in [0.1, 0.15) is 11.6 Å². The number of thioether (sulfide) groups is 1. The average Bonchev–Trinajstić information content (AvgIpc) is 2.80. The molecule has 9 heteroatoms. The molecule has 0 aromatic carbocycles. The molecule has 1 fully saturated rings. The summed E-state index contributed by atoms with van der Waals surface area (Å²) >= 11 is 6.08. The topological polar surface area (TPSA) is 86.5 Å². The number of hydrogen-bond donors (Lipinski definition) is 1. The van der Waals surface area contributed by atoms with Crippen LogP contribution in [0.1, 0.15) is 46.2 Å². The van der Waals surface area contributed by atoms with Gasteiger partial charge in [-0.3, -0.25) is 19.4 Å². The van der Waals surface area contributed by atoms with Gasteiger partial charge in [0.2, 0.25) is 5.91 Å². The molecule has 0 spiro atoms. The molecule has 0 aliphatic carbocycles. The van der Waals surface area contributed by atoms with Crippen molar-refractivity contribution in [3.05, 3.63) is 18.0 Å². The first-order valence-corrected chi connectivity index (χ1v) is 10.8. The van der Waals surface area contributed by atoms with Gasteiger partial charge in [-0.05, 0) is 46.4 Å². The lowest BCUT2D eigenvalue weighted by atomic mass is 10.0. The quantitative estimate of drug-likeness (QED) is 0.410. The second-order valence-corrected chi connectivity index (χ2v) is 8.58. The van der Waals surface area contributed by atoms with Crippen LogP contribution in [0.5, 0.6) is 0 Å². The SMILES string of the molecule is CSc1cc(N2C(=O)C(C)(C)N(CCCC(=O)OC(C)C)C2S)cnc1C#N. The molecule has 1 amide bonds. The van der Waals surface area contributed by atoms with Gasteiger partial charge in [-0.15, -0.1) is 24.4 Å². The summed E-state index contributed by atoms with van der Waals surface area (Å²) in [5, 5.41) is 9.16. The summed E-state index contributed by atoms with van der Waals surface area (Å²) < 4.78 is 5.16. The Balaban J connectivity index is 2.18. The van der Waals surface area contributed by atoms with Gasteiger partial charge >= 0.3 is 5.97 Å². The number of carbonyl (C=O) groups excluding carboxylic acids is 2. The predicted octanol–water partition coefficient (Wildman–Crippen LogP) is 3.05. The fraction of sp³-hybridized carbons (Fsp3) is 0.579.